The molecule has 1 aromatic carbocycles. The molecule has 3 N–H and O–H groups in total. The zero-order valence-electron chi connectivity index (χ0n) is 12.6. The first-order chi connectivity index (χ1) is 10.6. The minimum Gasteiger partial charge on any atom is -0.493 e. The van der Waals surface area contributed by atoms with E-state index in [1.165, 1.54) is 0 Å². The van der Waals surface area contributed by atoms with Crippen LogP contribution in [0, 0.1) is 13.8 Å². The van der Waals surface area contributed by atoms with Crippen molar-refractivity contribution in [1.29, 1.82) is 0 Å². The average Bonchev–Trinajstić information content (AvgIpc) is 3.01. The van der Waals surface area contributed by atoms with Crippen LogP contribution in [-0.2, 0) is 4.79 Å². The molecule has 6 heteroatoms. The van der Waals surface area contributed by atoms with Crippen molar-refractivity contribution in [3.8, 4) is 5.75 Å². The topological polar surface area (TPSA) is 83.2 Å². The van der Waals surface area contributed by atoms with Gasteiger partial charge in [-0.15, -0.1) is 0 Å². The summed E-state index contributed by atoms with van der Waals surface area (Å²) in [7, 11) is 0. The predicted octanol–water partition coefficient (Wildman–Crippen LogP) is 1.86. The number of carbonyl (C=O) groups is 2. The molecule has 0 aliphatic heterocycles. The van der Waals surface area contributed by atoms with Gasteiger partial charge in [-0.25, -0.2) is 0 Å². The molecular formula is C16H19N3O3. The first kappa shape index (κ1) is 15.6. The number of ether oxygens (including phenoxy) is 1. The molecule has 1 heterocycles. The largest absolute Gasteiger partial charge is 0.493 e. The van der Waals surface area contributed by atoms with Gasteiger partial charge in [0, 0.05) is 6.20 Å². The highest BCUT2D eigenvalue weighted by molar-refractivity contribution is 5.93. The summed E-state index contributed by atoms with van der Waals surface area (Å²) in [6.07, 6.45) is 1.78. The van der Waals surface area contributed by atoms with Crippen molar-refractivity contribution in [3.63, 3.8) is 0 Å². The zero-order chi connectivity index (χ0) is 15.9. The van der Waals surface area contributed by atoms with Crippen molar-refractivity contribution in [1.82, 2.24) is 15.8 Å². The molecule has 6 nitrogen and oxygen atoms in total. The van der Waals surface area contributed by atoms with Gasteiger partial charge in [-0.1, -0.05) is 17.7 Å². The molecule has 0 unspecified atom stereocenters. The van der Waals surface area contributed by atoms with E-state index >= 15 is 0 Å². The molecule has 116 valence electrons. The Bertz CT molecular complexity index is 651. The SMILES string of the molecule is Cc1ccc(OCCC(=O)NNC(=O)c2ccc[nH]2)c(C)c1. The van der Waals surface area contributed by atoms with Crippen LogP contribution in [0.4, 0.5) is 0 Å². The average molecular weight is 301 g/mol. The van der Waals surface area contributed by atoms with Crippen molar-refractivity contribution >= 4 is 11.8 Å². The Kier molecular flexibility index (Phi) is 5.19. The third-order valence-electron chi connectivity index (χ3n) is 3.08. The van der Waals surface area contributed by atoms with Crippen LogP contribution in [-0.4, -0.2) is 23.4 Å². The summed E-state index contributed by atoms with van der Waals surface area (Å²) in [5.41, 5.74) is 7.24. The number of nitrogens with one attached hydrogen (secondary N) is 3. The second-order valence-corrected chi connectivity index (χ2v) is 4.95. The molecule has 0 saturated heterocycles. The van der Waals surface area contributed by atoms with Crippen molar-refractivity contribution < 1.29 is 14.3 Å². The summed E-state index contributed by atoms with van der Waals surface area (Å²) in [5, 5.41) is 0. The lowest BCUT2D eigenvalue weighted by Gasteiger charge is -2.10. The van der Waals surface area contributed by atoms with Crippen molar-refractivity contribution in [2.45, 2.75) is 20.3 Å². The smallest absolute Gasteiger partial charge is 0.286 e. The Hall–Kier alpha value is -2.76. The van der Waals surface area contributed by atoms with Crippen molar-refractivity contribution in [3.05, 3.63) is 53.3 Å². The number of aromatic amines is 1. The van der Waals surface area contributed by atoms with Crippen LogP contribution in [0.5, 0.6) is 5.75 Å². The summed E-state index contributed by atoms with van der Waals surface area (Å²) >= 11 is 0. The van der Waals surface area contributed by atoms with Crippen molar-refractivity contribution in [2.75, 3.05) is 6.61 Å². The lowest BCUT2D eigenvalue weighted by atomic mass is 10.1. The molecule has 0 atom stereocenters. The lowest BCUT2D eigenvalue weighted by molar-refractivity contribution is -0.122. The second-order valence-electron chi connectivity index (χ2n) is 4.95. The van der Waals surface area contributed by atoms with E-state index in [1.807, 2.05) is 32.0 Å². The molecule has 2 rings (SSSR count). The number of rotatable bonds is 5. The van der Waals surface area contributed by atoms with E-state index in [4.69, 9.17) is 4.74 Å². The van der Waals surface area contributed by atoms with Crippen LogP contribution in [0.1, 0.15) is 28.0 Å². The number of H-pyrrole nitrogens is 1. The summed E-state index contributed by atoms with van der Waals surface area (Å²) in [6, 6.07) is 9.18. The molecule has 0 fully saturated rings. The molecule has 0 spiro atoms. The van der Waals surface area contributed by atoms with Gasteiger partial charge < -0.3 is 9.72 Å². The van der Waals surface area contributed by atoms with Gasteiger partial charge in [0.25, 0.3) is 5.91 Å². The molecule has 0 radical (unpaired) electrons. The fourth-order valence-corrected chi connectivity index (χ4v) is 1.94. The maximum atomic E-state index is 11.6. The van der Waals surface area contributed by atoms with Crippen LogP contribution >= 0.6 is 0 Å². The van der Waals surface area contributed by atoms with E-state index < -0.39 is 5.91 Å². The monoisotopic (exact) mass is 301 g/mol. The summed E-state index contributed by atoms with van der Waals surface area (Å²) < 4.78 is 5.56. The van der Waals surface area contributed by atoms with Gasteiger partial charge in [0.1, 0.15) is 11.4 Å². The molecule has 0 aliphatic rings. The number of amides is 2. The minimum absolute atomic E-state index is 0.151. The zero-order valence-corrected chi connectivity index (χ0v) is 12.6. The molecule has 0 saturated carbocycles. The second kappa shape index (κ2) is 7.31. The van der Waals surface area contributed by atoms with E-state index in [9.17, 15) is 9.59 Å². The molecule has 1 aromatic heterocycles. The highest BCUT2D eigenvalue weighted by Gasteiger charge is 2.08. The fourth-order valence-electron chi connectivity index (χ4n) is 1.94. The summed E-state index contributed by atoms with van der Waals surface area (Å²) in [4.78, 5) is 26.0. The highest BCUT2D eigenvalue weighted by Crippen LogP contribution is 2.18. The van der Waals surface area contributed by atoms with E-state index in [2.05, 4.69) is 15.8 Å². The molecule has 2 aromatic rings. The van der Waals surface area contributed by atoms with E-state index in [0.29, 0.717) is 5.69 Å². The maximum Gasteiger partial charge on any atom is 0.286 e. The Morgan fingerprint density at radius 3 is 2.68 bits per heavy atom. The van der Waals surface area contributed by atoms with E-state index in [0.717, 1.165) is 16.9 Å². The van der Waals surface area contributed by atoms with Gasteiger partial charge in [0.05, 0.1) is 13.0 Å². The fraction of sp³-hybridized carbons (Fsp3) is 0.250. The van der Waals surface area contributed by atoms with E-state index in [-0.39, 0.29) is 18.9 Å². The quantitative estimate of drug-likeness (QED) is 0.737. The van der Waals surface area contributed by atoms with Crippen LogP contribution in [0.15, 0.2) is 36.5 Å². The lowest BCUT2D eigenvalue weighted by Crippen LogP contribution is -2.42. The summed E-state index contributed by atoms with van der Waals surface area (Å²) in [5.74, 6) is 0.0483. The number of carbonyl (C=O) groups excluding carboxylic acids is 2. The number of aryl methyl sites for hydroxylation is 2. The van der Waals surface area contributed by atoms with Gasteiger partial charge in [-0.05, 0) is 37.6 Å². The minimum atomic E-state index is -0.395. The van der Waals surface area contributed by atoms with Crippen LogP contribution in [0.3, 0.4) is 0 Å². The van der Waals surface area contributed by atoms with Gasteiger partial charge in [0.15, 0.2) is 0 Å². The number of hydrazine groups is 1. The van der Waals surface area contributed by atoms with Gasteiger partial charge in [-0.3, -0.25) is 20.4 Å². The molecule has 0 aliphatic carbocycles. The van der Waals surface area contributed by atoms with Gasteiger partial charge in [0.2, 0.25) is 5.91 Å². The normalized spacial score (nSPS) is 10.1. The first-order valence-electron chi connectivity index (χ1n) is 6.99. The molecule has 0 bridgehead atoms. The highest BCUT2D eigenvalue weighted by atomic mass is 16.5. The Morgan fingerprint density at radius 2 is 2.00 bits per heavy atom. The Labute approximate surface area is 128 Å². The standard InChI is InChI=1S/C16H19N3O3/c1-11-5-6-14(12(2)10-11)22-9-7-15(20)18-19-16(21)13-4-3-8-17-13/h3-6,8,10,17H,7,9H2,1-2H3,(H,18,20)(H,19,21). The molecule has 2 amide bonds. The Balaban J connectivity index is 1.70. The van der Waals surface area contributed by atoms with Crippen LogP contribution < -0.4 is 15.6 Å². The molecule has 22 heavy (non-hydrogen) atoms. The van der Waals surface area contributed by atoms with Crippen molar-refractivity contribution in [2.24, 2.45) is 0 Å². The third-order valence-corrected chi connectivity index (χ3v) is 3.08. The third kappa shape index (κ3) is 4.37. The van der Waals surface area contributed by atoms with Crippen LogP contribution in [0.2, 0.25) is 0 Å². The molecular weight excluding hydrogens is 282 g/mol. The number of hydrogen-bond donors (Lipinski definition) is 3. The number of hydrogen-bond acceptors (Lipinski definition) is 3. The van der Waals surface area contributed by atoms with Crippen LogP contribution in [0.25, 0.3) is 0 Å². The number of benzene rings is 1. The van der Waals surface area contributed by atoms with E-state index in [1.54, 1.807) is 18.3 Å². The van der Waals surface area contributed by atoms with Gasteiger partial charge >= 0.3 is 0 Å². The maximum absolute atomic E-state index is 11.6. The van der Waals surface area contributed by atoms with Gasteiger partial charge in [-0.2, -0.15) is 0 Å². The Morgan fingerprint density at radius 1 is 1.18 bits per heavy atom. The summed E-state index contributed by atoms with van der Waals surface area (Å²) in [6.45, 7) is 4.21. The first-order valence-corrected chi connectivity index (χ1v) is 6.99. The number of aromatic nitrogens is 1. The predicted molar refractivity (Wildman–Crippen MR) is 82.4 cm³/mol.